The molecule has 0 saturated heterocycles. The average molecular weight is 308 g/mol. The molecule has 6 heteroatoms. The summed E-state index contributed by atoms with van der Waals surface area (Å²) >= 11 is 0. The zero-order valence-corrected chi connectivity index (χ0v) is 12.8. The van der Waals surface area contributed by atoms with E-state index in [1.807, 2.05) is 0 Å². The standard InChI is InChI=1S/C16H24N2O4/c19-15(11-14-8-9-22-18-14)17-13(6-7-16(20)21)10-12-4-2-1-3-5-12/h8-9,12-13H,1-7,10-11H2,(H,17,19)(H,20,21). The minimum Gasteiger partial charge on any atom is -0.481 e. The van der Waals surface area contributed by atoms with E-state index in [0.29, 0.717) is 18.0 Å². The van der Waals surface area contributed by atoms with E-state index in [0.717, 1.165) is 6.42 Å². The van der Waals surface area contributed by atoms with Gasteiger partial charge >= 0.3 is 5.97 Å². The number of amides is 1. The van der Waals surface area contributed by atoms with E-state index in [1.165, 1.54) is 38.4 Å². The number of hydrogen-bond donors (Lipinski definition) is 2. The van der Waals surface area contributed by atoms with Crippen molar-refractivity contribution in [3.8, 4) is 0 Å². The normalized spacial score (nSPS) is 17.1. The van der Waals surface area contributed by atoms with Crippen LogP contribution in [-0.4, -0.2) is 28.2 Å². The summed E-state index contributed by atoms with van der Waals surface area (Å²) in [5.74, 6) is -0.348. The maximum absolute atomic E-state index is 12.1. The zero-order chi connectivity index (χ0) is 15.8. The molecule has 0 bridgehead atoms. The number of rotatable bonds is 8. The Labute approximate surface area is 130 Å². The van der Waals surface area contributed by atoms with E-state index in [-0.39, 0.29) is 24.8 Å². The van der Waals surface area contributed by atoms with E-state index in [2.05, 4.69) is 10.5 Å². The van der Waals surface area contributed by atoms with Gasteiger partial charge < -0.3 is 14.9 Å². The van der Waals surface area contributed by atoms with Crippen molar-refractivity contribution in [3.05, 3.63) is 18.0 Å². The van der Waals surface area contributed by atoms with Crippen LogP contribution in [0.15, 0.2) is 16.9 Å². The Morgan fingerprint density at radius 3 is 2.77 bits per heavy atom. The number of carbonyl (C=O) groups is 2. The minimum absolute atomic E-state index is 0.0707. The van der Waals surface area contributed by atoms with Crippen molar-refractivity contribution in [2.24, 2.45) is 5.92 Å². The lowest BCUT2D eigenvalue weighted by Gasteiger charge is -2.27. The average Bonchev–Trinajstić information content (AvgIpc) is 2.98. The van der Waals surface area contributed by atoms with Gasteiger partial charge in [-0.15, -0.1) is 0 Å². The van der Waals surface area contributed by atoms with Crippen molar-refractivity contribution in [1.29, 1.82) is 0 Å². The highest BCUT2D eigenvalue weighted by Gasteiger charge is 2.21. The summed E-state index contributed by atoms with van der Waals surface area (Å²) in [6.45, 7) is 0. The molecule has 122 valence electrons. The lowest BCUT2D eigenvalue weighted by atomic mass is 9.84. The summed E-state index contributed by atoms with van der Waals surface area (Å²) in [6, 6.07) is 1.59. The fraction of sp³-hybridized carbons (Fsp3) is 0.688. The Bertz CT molecular complexity index is 467. The predicted octanol–water partition coefficient (Wildman–Crippen LogP) is 2.54. The topological polar surface area (TPSA) is 92.4 Å². The molecule has 1 amide bonds. The number of carboxylic acids is 1. The molecule has 0 aromatic carbocycles. The zero-order valence-electron chi connectivity index (χ0n) is 12.8. The van der Waals surface area contributed by atoms with Crippen LogP contribution >= 0.6 is 0 Å². The van der Waals surface area contributed by atoms with E-state index in [9.17, 15) is 9.59 Å². The molecule has 1 aromatic rings. The maximum Gasteiger partial charge on any atom is 0.303 e. The van der Waals surface area contributed by atoms with Crippen LogP contribution in [0.3, 0.4) is 0 Å². The van der Waals surface area contributed by atoms with Gasteiger partial charge in [0, 0.05) is 18.5 Å². The van der Waals surface area contributed by atoms with Crippen LogP contribution in [0.4, 0.5) is 0 Å². The molecule has 1 aliphatic rings. The van der Waals surface area contributed by atoms with Gasteiger partial charge in [-0.2, -0.15) is 0 Å². The molecule has 1 saturated carbocycles. The second kappa shape index (κ2) is 8.56. The molecule has 1 aromatic heterocycles. The summed E-state index contributed by atoms with van der Waals surface area (Å²) < 4.78 is 4.71. The number of carboxylic acid groups (broad SMARTS) is 1. The summed E-state index contributed by atoms with van der Waals surface area (Å²) in [5.41, 5.74) is 0.590. The minimum atomic E-state index is -0.820. The Kier molecular flexibility index (Phi) is 6.43. The molecule has 0 aliphatic heterocycles. The molecular formula is C16H24N2O4. The van der Waals surface area contributed by atoms with Gasteiger partial charge in [0.1, 0.15) is 6.26 Å². The third kappa shape index (κ3) is 5.87. The van der Waals surface area contributed by atoms with Crippen molar-refractivity contribution in [1.82, 2.24) is 10.5 Å². The molecule has 22 heavy (non-hydrogen) atoms. The van der Waals surface area contributed by atoms with E-state index in [1.54, 1.807) is 6.07 Å². The van der Waals surface area contributed by atoms with E-state index < -0.39 is 5.97 Å². The molecule has 6 nitrogen and oxygen atoms in total. The Morgan fingerprint density at radius 1 is 1.36 bits per heavy atom. The van der Waals surface area contributed by atoms with Crippen molar-refractivity contribution in [3.63, 3.8) is 0 Å². The lowest BCUT2D eigenvalue weighted by molar-refractivity contribution is -0.137. The smallest absolute Gasteiger partial charge is 0.303 e. The van der Waals surface area contributed by atoms with Crippen molar-refractivity contribution >= 4 is 11.9 Å². The largest absolute Gasteiger partial charge is 0.481 e. The fourth-order valence-electron chi connectivity index (χ4n) is 3.14. The predicted molar refractivity (Wildman–Crippen MR) is 80.2 cm³/mol. The third-order valence-electron chi connectivity index (χ3n) is 4.25. The van der Waals surface area contributed by atoms with Crippen molar-refractivity contribution < 1.29 is 19.2 Å². The molecule has 1 unspecified atom stereocenters. The molecule has 2 N–H and O–H groups in total. The van der Waals surface area contributed by atoms with Gasteiger partial charge in [0.2, 0.25) is 5.91 Å². The van der Waals surface area contributed by atoms with Gasteiger partial charge in [-0.3, -0.25) is 9.59 Å². The first kappa shape index (κ1) is 16.5. The molecule has 0 radical (unpaired) electrons. The van der Waals surface area contributed by atoms with Gasteiger partial charge in [-0.1, -0.05) is 37.3 Å². The highest BCUT2D eigenvalue weighted by molar-refractivity contribution is 5.78. The number of nitrogens with zero attached hydrogens (tertiary/aromatic N) is 1. The summed E-state index contributed by atoms with van der Waals surface area (Å²) in [7, 11) is 0. The number of aliphatic carboxylic acids is 1. The molecule has 1 heterocycles. The van der Waals surface area contributed by atoms with Crippen LogP contribution in [0.5, 0.6) is 0 Å². The SMILES string of the molecule is O=C(O)CCC(CC1CCCCC1)NC(=O)Cc1ccon1. The van der Waals surface area contributed by atoms with Gasteiger partial charge in [0.25, 0.3) is 0 Å². The van der Waals surface area contributed by atoms with Gasteiger partial charge in [-0.05, 0) is 18.8 Å². The highest BCUT2D eigenvalue weighted by Crippen LogP contribution is 2.28. The van der Waals surface area contributed by atoms with Crippen LogP contribution in [0.2, 0.25) is 0 Å². The Hall–Kier alpha value is -1.85. The molecular weight excluding hydrogens is 284 g/mol. The van der Waals surface area contributed by atoms with Crippen molar-refractivity contribution in [2.45, 2.75) is 63.8 Å². The van der Waals surface area contributed by atoms with Crippen LogP contribution in [0.25, 0.3) is 0 Å². The quantitative estimate of drug-likeness (QED) is 0.770. The van der Waals surface area contributed by atoms with Gasteiger partial charge in [-0.25, -0.2) is 0 Å². The van der Waals surface area contributed by atoms with Crippen LogP contribution in [-0.2, 0) is 16.0 Å². The lowest BCUT2D eigenvalue weighted by Crippen LogP contribution is -2.38. The number of carbonyl (C=O) groups excluding carboxylic acids is 1. The van der Waals surface area contributed by atoms with E-state index >= 15 is 0 Å². The van der Waals surface area contributed by atoms with E-state index in [4.69, 9.17) is 9.63 Å². The first-order valence-corrected chi connectivity index (χ1v) is 8.04. The number of nitrogens with one attached hydrogen (secondary N) is 1. The van der Waals surface area contributed by atoms with Crippen molar-refractivity contribution in [2.75, 3.05) is 0 Å². The van der Waals surface area contributed by atoms with Gasteiger partial charge in [0.05, 0.1) is 12.1 Å². The summed E-state index contributed by atoms with van der Waals surface area (Å²) in [6.07, 6.45) is 9.18. The molecule has 1 atom stereocenters. The molecule has 1 fully saturated rings. The fourth-order valence-corrected chi connectivity index (χ4v) is 3.14. The van der Waals surface area contributed by atoms with Gasteiger partial charge in [0.15, 0.2) is 0 Å². The molecule has 1 aliphatic carbocycles. The first-order valence-electron chi connectivity index (χ1n) is 8.04. The third-order valence-corrected chi connectivity index (χ3v) is 4.25. The highest BCUT2D eigenvalue weighted by atomic mass is 16.5. The first-order chi connectivity index (χ1) is 10.6. The monoisotopic (exact) mass is 308 g/mol. The van der Waals surface area contributed by atoms with Crippen LogP contribution < -0.4 is 5.32 Å². The van der Waals surface area contributed by atoms with Crippen LogP contribution in [0, 0.1) is 5.92 Å². The Balaban J connectivity index is 1.84. The molecule has 0 spiro atoms. The second-order valence-corrected chi connectivity index (χ2v) is 6.10. The number of hydrogen-bond acceptors (Lipinski definition) is 4. The second-order valence-electron chi connectivity index (χ2n) is 6.10. The summed E-state index contributed by atoms with van der Waals surface area (Å²) in [5, 5.41) is 15.6. The maximum atomic E-state index is 12.1. The Morgan fingerprint density at radius 2 is 2.14 bits per heavy atom. The number of aromatic nitrogens is 1. The molecule has 2 rings (SSSR count). The summed E-state index contributed by atoms with van der Waals surface area (Å²) in [4.78, 5) is 22.9. The van der Waals surface area contributed by atoms with Crippen LogP contribution in [0.1, 0.15) is 57.1 Å².